The number of aryl methyl sites for hydroxylation is 1. The summed E-state index contributed by atoms with van der Waals surface area (Å²) in [6.07, 6.45) is 0.893. The minimum absolute atomic E-state index is 0.0202. The van der Waals surface area contributed by atoms with Crippen LogP contribution in [0.4, 0.5) is 0 Å². The Kier molecular flexibility index (Phi) is 6.52. The molecule has 0 atom stereocenters. The highest BCUT2D eigenvalue weighted by molar-refractivity contribution is 5.70. The molecule has 1 heterocycles. The van der Waals surface area contributed by atoms with Crippen LogP contribution < -0.4 is 0 Å². The third kappa shape index (κ3) is 5.00. The second-order valence-corrected chi connectivity index (χ2v) is 4.40. The Bertz CT molecular complexity index is 415. The Balaban J connectivity index is 2.44. The van der Waals surface area contributed by atoms with Crippen LogP contribution >= 0.6 is 0 Å². The Morgan fingerprint density at radius 2 is 2.05 bits per heavy atom. The molecule has 1 aromatic heterocycles. The summed E-state index contributed by atoms with van der Waals surface area (Å²) in [4.78, 5) is 10.8. The van der Waals surface area contributed by atoms with E-state index in [-0.39, 0.29) is 6.42 Å². The molecule has 0 unspecified atom stereocenters. The number of nitrogens with zero attached hydrogens (tertiary/aromatic N) is 2. The van der Waals surface area contributed by atoms with Crippen molar-refractivity contribution in [3.63, 3.8) is 0 Å². The molecule has 0 bridgehead atoms. The molecule has 0 amide bonds. The molecule has 0 aliphatic heterocycles. The third-order valence-corrected chi connectivity index (χ3v) is 2.94. The van der Waals surface area contributed by atoms with Gasteiger partial charge >= 0.3 is 5.97 Å². The van der Waals surface area contributed by atoms with Crippen molar-refractivity contribution in [2.24, 2.45) is 0 Å². The van der Waals surface area contributed by atoms with Crippen molar-refractivity contribution in [3.05, 3.63) is 17.0 Å². The molecule has 0 aliphatic rings. The number of hydrogen-bond donors (Lipinski definition) is 1. The minimum atomic E-state index is -0.832. The summed E-state index contributed by atoms with van der Waals surface area (Å²) >= 11 is 0. The maximum absolute atomic E-state index is 10.8. The van der Waals surface area contributed by atoms with Crippen LogP contribution in [0.5, 0.6) is 0 Å². The van der Waals surface area contributed by atoms with Crippen molar-refractivity contribution in [2.75, 3.05) is 26.9 Å². The van der Waals surface area contributed by atoms with Crippen LogP contribution in [0, 0.1) is 13.8 Å². The average molecular weight is 270 g/mol. The van der Waals surface area contributed by atoms with E-state index in [2.05, 4.69) is 5.10 Å². The molecule has 0 saturated heterocycles. The number of aliphatic carboxylic acids is 1. The topological polar surface area (TPSA) is 73.6 Å². The van der Waals surface area contributed by atoms with Crippen LogP contribution in [0.3, 0.4) is 0 Å². The normalized spacial score (nSPS) is 10.9. The molecule has 0 aliphatic carbocycles. The first-order valence-corrected chi connectivity index (χ1v) is 6.37. The van der Waals surface area contributed by atoms with Gasteiger partial charge in [-0.15, -0.1) is 0 Å². The number of aromatic nitrogens is 2. The van der Waals surface area contributed by atoms with Crippen LogP contribution in [-0.2, 0) is 27.2 Å². The van der Waals surface area contributed by atoms with E-state index < -0.39 is 5.97 Å². The zero-order valence-corrected chi connectivity index (χ0v) is 11.8. The summed E-state index contributed by atoms with van der Waals surface area (Å²) in [5.74, 6) is -0.832. The number of carboxylic acid groups (broad SMARTS) is 1. The highest BCUT2D eigenvalue weighted by Crippen LogP contribution is 2.13. The van der Waals surface area contributed by atoms with Crippen LogP contribution in [0.25, 0.3) is 0 Å². The van der Waals surface area contributed by atoms with Gasteiger partial charge in [0, 0.05) is 31.6 Å². The molecule has 0 radical (unpaired) electrons. The van der Waals surface area contributed by atoms with E-state index in [1.165, 1.54) is 0 Å². The van der Waals surface area contributed by atoms with E-state index in [1.54, 1.807) is 7.11 Å². The highest BCUT2D eigenvalue weighted by atomic mass is 16.5. The number of ether oxygens (including phenoxy) is 2. The van der Waals surface area contributed by atoms with E-state index in [0.717, 1.165) is 23.4 Å². The first kappa shape index (κ1) is 15.7. The molecule has 0 spiro atoms. The van der Waals surface area contributed by atoms with Crippen LogP contribution in [0.2, 0.25) is 0 Å². The predicted octanol–water partition coefficient (Wildman–Crippen LogP) is 1.18. The van der Waals surface area contributed by atoms with Gasteiger partial charge in [0.05, 0.1) is 25.3 Å². The first-order chi connectivity index (χ1) is 9.06. The van der Waals surface area contributed by atoms with Crippen molar-refractivity contribution in [1.82, 2.24) is 9.78 Å². The lowest BCUT2D eigenvalue weighted by Gasteiger charge is -2.06. The average Bonchev–Trinajstić information content (AvgIpc) is 2.61. The SMILES string of the molecule is COCCCOCCn1nc(C)c(CC(=O)O)c1C. The van der Waals surface area contributed by atoms with E-state index in [1.807, 2.05) is 18.5 Å². The monoisotopic (exact) mass is 270 g/mol. The smallest absolute Gasteiger partial charge is 0.307 e. The Morgan fingerprint density at radius 1 is 1.32 bits per heavy atom. The molecule has 1 N–H and O–H groups in total. The van der Waals surface area contributed by atoms with Gasteiger partial charge in [0.25, 0.3) is 0 Å². The summed E-state index contributed by atoms with van der Waals surface area (Å²) in [6, 6.07) is 0. The van der Waals surface area contributed by atoms with Gasteiger partial charge in [-0.2, -0.15) is 5.10 Å². The van der Waals surface area contributed by atoms with Gasteiger partial charge in [-0.3, -0.25) is 9.48 Å². The van der Waals surface area contributed by atoms with E-state index in [0.29, 0.717) is 26.4 Å². The third-order valence-electron chi connectivity index (χ3n) is 2.94. The van der Waals surface area contributed by atoms with Crippen LogP contribution in [0.15, 0.2) is 0 Å². The molecule has 0 aromatic carbocycles. The summed E-state index contributed by atoms with van der Waals surface area (Å²) < 4.78 is 12.2. The van der Waals surface area contributed by atoms with Gasteiger partial charge in [-0.1, -0.05) is 0 Å². The van der Waals surface area contributed by atoms with Gasteiger partial charge in [0.2, 0.25) is 0 Å². The number of carbonyl (C=O) groups is 1. The fourth-order valence-electron chi connectivity index (χ4n) is 1.92. The second kappa shape index (κ2) is 7.91. The molecular weight excluding hydrogens is 248 g/mol. The van der Waals surface area contributed by atoms with Gasteiger partial charge in [0.15, 0.2) is 0 Å². The fraction of sp³-hybridized carbons (Fsp3) is 0.692. The summed E-state index contributed by atoms with van der Waals surface area (Å²) in [5, 5.41) is 13.2. The summed E-state index contributed by atoms with van der Waals surface area (Å²) in [5.41, 5.74) is 2.48. The number of methoxy groups -OCH3 is 1. The van der Waals surface area contributed by atoms with Crippen LogP contribution in [-0.4, -0.2) is 47.8 Å². The second-order valence-electron chi connectivity index (χ2n) is 4.40. The van der Waals surface area contributed by atoms with Crippen molar-refractivity contribution in [1.29, 1.82) is 0 Å². The Morgan fingerprint density at radius 3 is 2.68 bits per heavy atom. The van der Waals surface area contributed by atoms with Gasteiger partial charge in [-0.05, 0) is 20.3 Å². The van der Waals surface area contributed by atoms with Gasteiger partial charge < -0.3 is 14.6 Å². The predicted molar refractivity (Wildman–Crippen MR) is 70.4 cm³/mol. The zero-order valence-electron chi connectivity index (χ0n) is 11.8. The lowest BCUT2D eigenvalue weighted by atomic mass is 10.1. The van der Waals surface area contributed by atoms with Crippen molar-refractivity contribution in [2.45, 2.75) is 33.2 Å². The van der Waals surface area contributed by atoms with E-state index in [9.17, 15) is 4.79 Å². The van der Waals surface area contributed by atoms with Crippen LogP contribution in [0.1, 0.15) is 23.4 Å². The van der Waals surface area contributed by atoms with Gasteiger partial charge in [0.1, 0.15) is 0 Å². The minimum Gasteiger partial charge on any atom is -0.481 e. The van der Waals surface area contributed by atoms with Crippen molar-refractivity contribution >= 4 is 5.97 Å². The largest absolute Gasteiger partial charge is 0.481 e. The zero-order chi connectivity index (χ0) is 14.3. The standard InChI is InChI=1S/C13H22N2O4/c1-10-12(9-13(16)17)11(2)15(14-10)5-8-19-7-4-6-18-3/h4-9H2,1-3H3,(H,16,17). The lowest BCUT2D eigenvalue weighted by Crippen LogP contribution is -2.11. The summed E-state index contributed by atoms with van der Waals surface area (Å²) in [7, 11) is 1.67. The molecular formula is C13H22N2O4. The fourth-order valence-corrected chi connectivity index (χ4v) is 1.92. The van der Waals surface area contributed by atoms with Crippen molar-refractivity contribution < 1.29 is 19.4 Å². The summed E-state index contributed by atoms with van der Waals surface area (Å²) in [6.45, 7) is 6.29. The Hall–Kier alpha value is -1.40. The molecule has 1 aromatic rings. The quantitative estimate of drug-likeness (QED) is 0.682. The number of hydrogen-bond acceptors (Lipinski definition) is 4. The molecule has 19 heavy (non-hydrogen) atoms. The molecule has 6 heteroatoms. The van der Waals surface area contributed by atoms with E-state index in [4.69, 9.17) is 14.6 Å². The maximum Gasteiger partial charge on any atom is 0.307 e. The highest BCUT2D eigenvalue weighted by Gasteiger charge is 2.13. The molecule has 1 rings (SSSR count). The molecule has 6 nitrogen and oxygen atoms in total. The molecule has 0 fully saturated rings. The molecule has 108 valence electrons. The van der Waals surface area contributed by atoms with E-state index >= 15 is 0 Å². The maximum atomic E-state index is 10.8. The number of carboxylic acids is 1. The molecule has 0 saturated carbocycles. The first-order valence-electron chi connectivity index (χ1n) is 6.37. The Labute approximate surface area is 113 Å². The number of rotatable bonds is 9. The van der Waals surface area contributed by atoms with Crippen molar-refractivity contribution in [3.8, 4) is 0 Å². The van der Waals surface area contributed by atoms with Gasteiger partial charge in [-0.25, -0.2) is 0 Å². The lowest BCUT2D eigenvalue weighted by molar-refractivity contribution is -0.136.